The molecule has 17 heavy (non-hydrogen) atoms. The van der Waals surface area contributed by atoms with Gasteiger partial charge in [0, 0.05) is 9.75 Å². The van der Waals surface area contributed by atoms with Gasteiger partial charge in [-0.05, 0) is 19.9 Å². The molecule has 2 aromatic rings. The Labute approximate surface area is 102 Å². The van der Waals surface area contributed by atoms with Crippen LogP contribution >= 0.6 is 11.3 Å². The average Bonchev–Trinajstić information content (AvgIpc) is 2.85. The molecule has 0 atom stereocenters. The summed E-state index contributed by atoms with van der Waals surface area (Å²) >= 11 is 1.45. The second kappa shape index (κ2) is 4.51. The maximum Gasteiger partial charge on any atom is 0.242 e. The van der Waals surface area contributed by atoms with E-state index in [9.17, 15) is 8.42 Å². The molecule has 0 radical (unpaired) electrons. The topological polar surface area (TPSA) is 101 Å². The van der Waals surface area contributed by atoms with Gasteiger partial charge < -0.3 is 0 Å². The molecule has 0 bridgehead atoms. The summed E-state index contributed by atoms with van der Waals surface area (Å²) in [6.45, 7) is 3.67. The van der Waals surface area contributed by atoms with Gasteiger partial charge in [0.15, 0.2) is 5.82 Å². The van der Waals surface area contributed by atoms with Crippen LogP contribution in [-0.4, -0.2) is 29.0 Å². The lowest BCUT2D eigenvalue weighted by atomic mass is 10.4. The lowest BCUT2D eigenvalue weighted by molar-refractivity contribution is 0.579. The molecule has 0 aliphatic carbocycles. The quantitative estimate of drug-likeness (QED) is 0.837. The van der Waals surface area contributed by atoms with Gasteiger partial charge in [-0.3, -0.25) is 0 Å². The fourth-order valence-electron chi connectivity index (χ4n) is 1.37. The second-order valence-corrected chi connectivity index (χ2v) is 6.63. The highest BCUT2D eigenvalue weighted by molar-refractivity contribution is 7.89. The summed E-state index contributed by atoms with van der Waals surface area (Å²) in [5.41, 5.74) is 0. The van der Waals surface area contributed by atoms with Crippen LogP contribution in [0, 0.1) is 13.8 Å². The molecule has 0 aromatic carbocycles. The van der Waals surface area contributed by atoms with Crippen LogP contribution in [0.2, 0.25) is 0 Å². The number of hydrogen-bond donors (Lipinski definition) is 2. The van der Waals surface area contributed by atoms with Crippen molar-refractivity contribution in [2.45, 2.75) is 25.3 Å². The molecule has 0 saturated heterocycles. The van der Waals surface area contributed by atoms with E-state index in [2.05, 4.69) is 25.3 Å². The zero-order chi connectivity index (χ0) is 12.5. The van der Waals surface area contributed by atoms with Crippen LogP contribution in [0.25, 0.3) is 0 Å². The summed E-state index contributed by atoms with van der Waals surface area (Å²) in [4.78, 5) is 2.04. The molecule has 0 unspecified atom stereocenters. The standard InChI is InChI=1S/C8H11N5O2S2/c1-5-3-7(6(2)16-5)17(14,15)9-4-8-10-12-13-11-8/h3,9H,4H2,1-2H3,(H,10,11,12,13). The Bertz CT molecular complexity index is 602. The zero-order valence-electron chi connectivity index (χ0n) is 9.26. The fourth-order valence-corrected chi connectivity index (χ4v) is 3.90. The summed E-state index contributed by atoms with van der Waals surface area (Å²) in [7, 11) is -3.51. The van der Waals surface area contributed by atoms with E-state index in [-0.39, 0.29) is 6.54 Å². The largest absolute Gasteiger partial charge is 0.242 e. The molecular weight excluding hydrogens is 262 g/mol. The van der Waals surface area contributed by atoms with E-state index < -0.39 is 10.0 Å². The van der Waals surface area contributed by atoms with Gasteiger partial charge in [-0.1, -0.05) is 5.21 Å². The molecule has 0 aliphatic rings. The molecule has 2 aromatic heterocycles. The SMILES string of the molecule is Cc1cc(S(=O)(=O)NCc2nn[nH]n2)c(C)s1. The third-order valence-electron chi connectivity index (χ3n) is 2.09. The number of aromatic nitrogens is 4. The monoisotopic (exact) mass is 273 g/mol. The molecule has 0 amide bonds. The van der Waals surface area contributed by atoms with Crippen LogP contribution in [0.1, 0.15) is 15.6 Å². The molecule has 0 spiro atoms. The number of aromatic amines is 1. The maximum absolute atomic E-state index is 12.0. The van der Waals surface area contributed by atoms with Crippen molar-refractivity contribution in [1.82, 2.24) is 25.3 Å². The minimum absolute atomic E-state index is 0.0210. The van der Waals surface area contributed by atoms with Crippen LogP contribution in [0.4, 0.5) is 0 Å². The van der Waals surface area contributed by atoms with Gasteiger partial charge in [0.1, 0.15) is 0 Å². The number of hydrogen-bond acceptors (Lipinski definition) is 6. The summed E-state index contributed by atoms with van der Waals surface area (Å²) in [5, 5.41) is 12.9. The smallest absolute Gasteiger partial charge is 0.207 e. The molecular formula is C8H11N5O2S2. The summed E-state index contributed by atoms with van der Waals surface area (Å²) in [6.07, 6.45) is 0. The number of H-pyrrole nitrogens is 1. The lowest BCUT2D eigenvalue weighted by Crippen LogP contribution is -2.24. The van der Waals surface area contributed by atoms with Crippen molar-refractivity contribution in [2.75, 3.05) is 0 Å². The number of nitrogens with zero attached hydrogens (tertiary/aromatic N) is 3. The van der Waals surface area contributed by atoms with Gasteiger partial charge in [-0.25, -0.2) is 13.1 Å². The highest BCUT2D eigenvalue weighted by Gasteiger charge is 2.19. The number of aryl methyl sites for hydroxylation is 2. The van der Waals surface area contributed by atoms with Gasteiger partial charge >= 0.3 is 0 Å². The normalized spacial score (nSPS) is 11.9. The van der Waals surface area contributed by atoms with Gasteiger partial charge in [0.05, 0.1) is 11.4 Å². The van der Waals surface area contributed by atoms with Crippen LogP contribution in [-0.2, 0) is 16.6 Å². The predicted octanol–water partition coefficient (Wildman–Crippen LogP) is 0.357. The molecule has 2 heterocycles. The van der Waals surface area contributed by atoms with Crippen molar-refractivity contribution in [3.05, 3.63) is 21.6 Å². The van der Waals surface area contributed by atoms with Crippen molar-refractivity contribution < 1.29 is 8.42 Å². The Morgan fingerprint density at radius 3 is 2.76 bits per heavy atom. The number of nitrogens with one attached hydrogen (secondary N) is 2. The molecule has 0 saturated carbocycles. The first-order chi connectivity index (χ1) is 7.99. The molecule has 92 valence electrons. The van der Waals surface area contributed by atoms with Crippen LogP contribution < -0.4 is 4.72 Å². The highest BCUT2D eigenvalue weighted by atomic mass is 32.2. The third-order valence-corrected chi connectivity index (χ3v) is 4.72. The molecule has 2 rings (SSSR count). The predicted molar refractivity (Wildman–Crippen MR) is 62.0 cm³/mol. The van der Waals surface area contributed by atoms with Crippen molar-refractivity contribution >= 4 is 21.4 Å². The van der Waals surface area contributed by atoms with E-state index in [4.69, 9.17) is 0 Å². The van der Waals surface area contributed by atoms with E-state index in [0.717, 1.165) is 9.75 Å². The Morgan fingerprint density at radius 2 is 2.24 bits per heavy atom. The van der Waals surface area contributed by atoms with Crippen molar-refractivity contribution in [1.29, 1.82) is 0 Å². The van der Waals surface area contributed by atoms with Crippen LogP contribution in [0.15, 0.2) is 11.0 Å². The number of thiophene rings is 1. The Balaban J connectivity index is 2.17. The molecule has 2 N–H and O–H groups in total. The zero-order valence-corrected chi connectivity index (χ0v) is 10.9. The van der Waals surface area contributed by atoms with Gasteiger partial charge in [0.25, 0.3) is 0 Å². The Hall–Kier alpha value is -1.32. The van der Waals surface area contributed by atoms with Crippen LogP contribution in [0.5, 0.6) is 0 Å². The van der Waals surface area contributed by atoms with Gasteiger partial charge in [-0.2, -0.15) is 5.21 Å². The molecule has 9 heteroatoms. The molecule has 0 fully saturated rings. The Morgan fingerprint density at radius 1 is 1.47 bits per heavy atom. The van der Waals surface area contributed by atoms with E-state index in [1.165, 1.54) is 11.3 Å². The fraction of sp³-hybridized carbons (Fsp3) is 0.375. The minimum Gasteiger partial charge on any atom is -0.207 e. The second-order valence-electron chi connectivity index (χ2n) is 3.43. The van der Waals surface area contributed by atoms with Crippen molar-refractivity contribution in [3.8, 4) is 0 Å². The summed E-state index contributed by atoms with van der Waals surface area (Å²) in [6, 6.07) is 1.65. The van der Waals surface area contributed by atoms with E-state index >= 15 is 0 Å². The molecule has 0 aliphatic heterocycles. The van der Waals surface area contributed by atoms with E-state index in [1.54, 1.807) is 13.0 Å². The number of rotatable bonds is 4. The van der Waals surface area contributed by atoms with Gasteiger partial charge in [-0.15, -0.1) is 21.5 Å². The first-order valence-corrected chi connectivity index (χ1v) is 7.08. The number of sulfonamides is 1. The minimum atomic E-state index is -3.51. The highest BCUT2D eigenvalue weighted by Crippen LogP contribution is 2.24. The van der Waals surface area contributed by atoms with E-state index in [0.29, 0.717) is 10.7 Å². The number of tetrazole rings is 1. The first kappa shape index (κ1) is 12.1. The van der Waals surface area contributed by atoms with Crippen molar-refractivity contribution in [3.63, 3.8) is 0 Å². The lowest BCUT2D eigenvalue weighted by Gasteiger charge is -2.03. The summed E-state index contributed by atoms with van der Waals surface area (Å²) in [5.74, 6) is 0.304. The van der Waals surface area contributed by atoms with Crippen molar-refractivity contribution in [2.24, 2.45) is 0 Å². The summed E-state index contributed by atoms with van der Waals surface area (Å²) < 4.78 is 26.4. The Kier molecular flexibility index (Phi) is 3.22. The third kappa shape index (κ3) is 2.68. The average molecular weight is 273 g/mol. The maximum atomic E-state index is 12.0. The van der Waals surface area contributed by atoms with Crippen LogP contribution in [0.3, 0.4) is 0 Å². The first-order valence-electron chi connectivity index (χ1n) is 4.78. The molecule has 7 nitrogen and oxygen atoms in total. The van der Waals surface area contributed by atoms with E-state index in [1.807, 2.05) is 6.92 Å². The van der Waals surface area contributed by atoms with Gasteiger partial charge in [0.2, 0.25) is 10.0 Å².